The monoisotopic (exact) mass is 373 g/mol. The average Bonchev–Trinajstić information content (AvgIpc) is 2.75. The summed E-state index contributed by atoms with van der Waals surface area (Å²) in [5.41, 5.74) is 4.14. The van der Waals surface area contributed by atoms with E-state index in [2.05, 4.69) is 24.2 Å². The fraction of sp³-hybridized carbons (Fsp3) is 0.316. The summed E-state index contributed by atoms with van der Waals surface area (Å²) in [6, 6.07) is 7.35. The number of nitrogens with zero attached hydrogens (tertiary/aromatic N) is 2. The molecule has 0 amide bonds. The van der Waals surface area contributed by atoms with Crippen LogP contribution in [0.2, 0.25) is 5.02 Å². The van der Waals surface area contributed by atoms with Gasteiger partial charge in [0.05, 0.1) is 5.71 Å². The number of amidine groups is 1. The zero-order valence-electron chi connectivity index (χ0n) is 14.7. The number of aryl methyl sites for hydroxylation is 1. The Morgan fingerprint density at radius 3 is 2.60 bits per heavy atom. The zero-order chi connectivity index (χ0) is 18.1. The van der Waals surface area contributed by atoms with E-state index in [1.54, 1.807) is 25.3 Å². The van der Waals surface area contributed by atoms with Crippen LogP contribution in [0.15, 0.2) is 34.3 Å². The molecule has 0 saturated carbocycles. The van der Waals surface area contributed by atoms with Crippen LogP contribution in [0.3, 0.4) is 0 Å². The minimum absolute atomic E-state index is 0.0883. The highest BCUT2D eigenvalue weighted by atomic mass is 35.5. The second-order valence-corrected chi connectivity index (χ2v) is 7.79. The third-order valence-corrected chi connectivity index (χ3v) is 5.68. The molecule has 4 nitrogen and oxygen atoms in total. The molecule has 1 N–H and O–H groups in total. The van der Waals surface area contributed by atoms with Crippen LogP contribution in [0.1, 0.15) is 34.9 Å². The van der Waals surface area contributed by atoms with Crippen LogP contribution in [-0.4, -0.2) is 30.4 Å². The minimum atomic E-state index is -0.313. The molecule has 6 heteroatoms. The molecule has 0 radical (unpaired) electrons. The number of benzene rings is 1. The van der Waals surface area contributed by atoms with E-state index in [0.29, 0.717) is 11.4 Å². The highest BCUT2D eigenvalue weighted by Crippen LogP contribution is 2.37. The van der Waals surface area contributed by atoms with E-state index in [4.69, 9.17) is 16.6 Å². The Bertz CT molecular complexity index is 881. The summed E-state index contributed by atoms with van der Waals surface area (Å²) >= 11 is 7.74. The van der Waals surface area contributed by atoms with Gasteiger partial charge in [0.25, 0.3) is 0 Å². The van der Waals surface area contributed by atoms with Gasteiger partial charge in [-0.2, -0.15) is 0 Å². The molecule has 0 bridgehead atoms. The molecule has 2 heterocycles. The normalized spacial score (nSPS) is 18.4. The lowest BCUT2D eigenvalue weighted by atomic mass is 10.00. The van der Waals surface area contributed by atoms with Gasteiger partial charge in [0.2, 0.25) is 0 Å². The maximum atomic E-state index is 11.7. The summed E-state index contributed by atoms with van der Waals surface area (Å²) in [5, 5.41) is 5.12. The van der Waals surface area contributed by atoms with Crippen molar-refractivity contribution in [3.8, 4) is 0 Å². The first kappa shape index (κ1) is 17.8. The number of nitrogens with one attached hydrogen (secondary N) is 1. The molecule has 0 spiro atoms. The van der Waals surface area contributed by atoms with Crippen LogP contribution >= 0.6 is 22.9 Å². The third-order valence-electron chi connectivity index (χ3n) is 4.30. The van der Waals surface area contributed by atoms with Crippen LogP contribution in [0.5, 0.6) is 0 Å². The fourth-order valence-electron chi connectivity index (χ4n) is 2.93. The summed E-state index contributed by atoms with van der Waals surface area (Å²) in [6.45, 7) is 5.79. The molecule has 2 aromatic rings. The van der Waals surface area contributed by atoms with Crippen LogP contribution in [-0.2, 0) is 4.79 Å². The Morgan fingerprint density at radius 1 is 1.32 bits per heavy atom. The lowest BCUT2D eigenvalue weighted by Crippen LogP contribution is -2.27. The fourth-order valence-corrected chi connectivity index (χ4v) is 4.12. The maximum Gasteiger partial charge on any atom is 0.132 e. The Hall–Kier alpha value is -1.98. The minimum Gasteiger partial charge on any atom is -0.333 e. The predicted octanol–water partition coefficient (Wildman–Crippen LogP) is 4.66. The molecule has 1 aromatic heterocycles. The smallest absolute Gasteiger partial charge is 0.132 e. The molecule has 0 saturated heterocycles. The number of carbonyl (C=O) groups is 1. The number of carbonyl (C=O) groups excluding carboxylic acids is 1. The molecule has 1 aliphatic rings. The Balaban J connectivity index is 2.23. The number of fused-ring (bicyclic) bond motifs is 1. The van der Waals surface area contributed by atoms with Gasteiger partial charge in [-0.25, -0.2) is 0 Å². The van der Waals surface area contributed by atoms with E-state index < -0.39 is 0 Å². The van der Waals surface area contributed by atoms with Gasteiger partial charge in [0.15, 0.2) is 0 Å². The summed E-state index contributed by atoms with van der Waals surface area (Å²) in [7, 11) is 1.73. The van der Waals surface area contributed by atoms with E-state index in [1.165, 1.54) is 10.4 Å². The summed E-state index contributed by atoms with van der Waals surface area (Å²) in [6.07, 6.45) is 0.323. The number of aliphatic imine (C=N–C) groups is 2. The van der Waals surface area contributed by atoms with Crippen molar-refractivity contribution in [2.24, 2.45) is 9.98 Å². The van der Waals surface area contributed by atoms with Gasteiger partial charge in [-0.05, 0) is 38.5 Å². The van der Waals surface area contributed by atoms with Gasteiger partial charge in [0.1, 0.15) is 22.7 Å². The largest absolute Gasteiger partial charge is 0.333 e. The first-order valence-electron chi connectivity index (χ1n) is 8.08. The first-order valence-corrected chi connectivity index (χ1v) is 9.27. The molecule has 0 fully saturated rings. The molecule has 1 atom stereocenters. The van der Waals surface area contributed by atoms with Crippen molar-refractivity contribution in [3.63, 3.8) is 0 Å². The Morgan fingerprint density at radius 2 is 2.00 bits per heavy atom. The van der Waals surface area contributed by atoms with Crippen molar-refractivity contribution in [2.75, 3.05) is 12.4 Å². The quantitative estimate of drug-likeness (QED) is 0.850. The first-order chi connectivity index (χ1) is 11.9. The molecule has 130 valence electrons. The summed E-state index contributed by atoms with van der Waals surface area (Å²) in [5.74, 6) is 0.812. The highest BCUT2D eigenvalue weighted by molar-refractivity contribution is 7.17. The Labute approximate surface area is 156 Å². The standard InChI is InChI=1S/C19H20ClN3OS/c1-10(24)9-15-18(21-4)23-19-16(11(2)12(3)25-19)17(22-15)13-5-7-14(20)8-6-13/h5-8,15H,9H2,1-4H3,(H,21,23)/t15-/m0/s1. The third kappa shape index (κ3) is 3.53. The van der Waals surface area contributed by atoms with Crippen molar-refractivity contribution < 1.29 is 4.79 Å². The van der Waals surface area contributed by atoms with Crippen LogP contribution in [0.25, 0.3) is 0 Å². The van der Waals surface area contributed by atoms with Gasteiger partial charge in [-0.1, -0.05) is 23.7 Å². The number of anilines is 1. The molecule has 1 aliphatic heterocycles. The van der Waals surface area contributed by atoms with E-state index >= 15 is 0 Å². The van der Waals surface area contributed by atoms with Gasteiger partial charge in [0, 0.05) is 34.5 Å². The lowest BCUT2D eigenvalue weighted by molar-refractivity contribution is -0.117. The Kier molecular flexibility index (Phi) is 5.06. The van der Waals surface area contributed by atoms with Crippen LogP contribution < -0.4 is 5.32 Å². The summed E-state index contributed by atoms with van der Waals surface area (Å²) < 4.78 is 0. The topological polar surface area (TPSA) is 53.8 Å². The maximum absolute atomic E-state index is 11.7. The van der Waals surface area contributed by atoms with Crippen molar-refractivity contribution in [1.82, 2.24) is 0 Å². The average molecular weight is 374 g/mol. The van der Waals surface area contributed by atoms with Gasteiger partial charge in [-0.3, -0.25) is 14.8 Å². The predicted molar refractivity (Wildman–Crippen MR) is 107 cm³/mol. The van der Waals surface area contributed by atoms with Crippen molar-refractivity contribution >= 4 is 45.3 Å². The van der Waals surface area contributed by atoms with E-state index in [0.717, 1.165) is 27.7 Å². The number of halogens is 1. The van der Waals surface area contributed by atoms with E-state index in [-0.39, 0.29) is 11.8 Å². The number of hydrogen-bond donors (Lipinski definition) is 1. The van der Waals surface area contributed by atoms with Crippen molar-refractivity contribution in [1.29, 1.82) is 0 Å². The zero-order valence-corrected chi connectivity index (χ0v) is 16.3. The van der Waals surface area contributed by atoms with Gasteiger partial charge >= 0.3 is 0 Å². The molecular weight excluding hydrogens is 354 g/mol. The number of rotatable bonds is 3. The molecule has 1 aromatic carbocycles. The van der Waals surface area contributed by atoms with E-state index in [1.807, 2.05) is 24.3 Å². The molecular formula is C19H20ClN3OS. The van der Waals surface area contributed by atoms with Gasteiger partial charge < -0.3 is 5.32 Å². The summed E-state index contributed by atoms with van der Waals surface area (Å²) in [4.78, 5) is 22.3. The van der Waals surface area contributed by atoms with Crippen LogP contribution in [0, 0.1) is 13.8 Å². The second kappa shape index (κ2) is 7.10. The molecule has 3 rings (SSSR count). The van der Waals surface area contributed by atoms with Crippen molar-refractivity contribution in [3.05, 3.63) is 50.9 Å². The lowest BCUT2D eigenvalue weighted by Gasteiger charge is -2.13. The number of Topliss-reactive ketones (excluding diaryl/α,β-unsaturated/α-hetero) is 1. The highest BCUT2D eigenvalue weighted by Gasteiger charge is 2.28. The number of thiophene rings is 1. The number of hydrogen-bond acceptors (Lipinski definition) is 4. The van der Waals surface area contributed by atoms with Crippen molar-refractivity contribution in [2.45, 2.75) is 33.2 Å². The van der Waals surface area contributed by atoms with Crippen LogP contribution in [0.4, 0.5) is 5.00 Å². The van der Waals surface area contributed by atoms with E-state index in [9.17, 15) is 4.79 Å². The number of ketones is 1. The molecule has 0 unspecified atom stereocenters. The van der Waals surface area contributed by atoms with Gasteiger partial charge in [-0.15, -0.1) is 11.3 Å². The molecule has 25 heavy (non-hydrogen) atoms. The second-order valence-electron chi connectivity index (χ2n) is 6.13. The molecule has 0 aliphatic carbocycles. The SMILES string of the molecule is CN=C1Nc2sc(C)c(C)c2C(c2ccc(Cl)cc2)=N[C@H]1CC(C)=O.